The minimum Gasteiger partial charge on any atom is -0.497 e. The molecule has 25 heavy (non-hydrogen) atoms. The van der Waals surface area contributed by atoms with Gasteiger partial charge in [-0.25, -0.2) is 0 Å². The Bertz CT molecular complexity index is 912. The molecule has 0 aromatic heterocycles. The van der Waals surface area contributed by atoms with Crippen LogP contribution in [0.4, 0.5) is 0 Å². The first-order chi connectivity index (χ1) is 12.2. The Morgan fingerprint density at radius 2 is 1.40 bits per heavy atom. The van der Waals surface area contributed by atoms with Gasteiger partial charge in [0.05, 0.1) is 11.9 Å². The van der Waals surface area contributed by atoms with E-state index in [-0.39, 0.29) is 4.75 Å². The van der Waals surface area contributed by atoms with Crippen molar-refractivity contribution in [3.63, 3.8) is 0 Å². The third-order valence-electron chi connectivity index (χ3n) is 4.72. The molecule has 3 aromatic carbocycles. The highest BCUT2D eigenvalue weighted by molar-refractivity contribution is 8.00. The second-order valence-corrected chi connectivity index (χ2v) is 7.54. The summed E-state index contributed by atoms with van der Waals surface area (Å²) in [5, 5.41) is 0. The van der Waals surface area contributed by atoms with Gasteiger partial charge in [0.2, 0.25) is 0 Å². The standard InChI is InChI=1S/C23H20OS/c1-17-16-23(18-8-4-3-5-9-18,19-12-14-20(24-2)15-13-19)25-22-11-7-6-10-21(17)22/h3-16H,1-2H3. The minimum absolute atomic E-state index is 0.230. The van der Waals surface area contributed by atoms with Crippen LogP contribution in [0.3, 0.4) is 0 Å². The molecular formula is C23H20OS. The molecule has 2 heteroatoms. The van der Waals surface area contributed by atoms with E-state index in [1.807, 2.05) is 23.9 Å². The van der Waals surface area contributed by atoms with Crippen molar-refractivity contribution >= 4 is 17.3 Å². The lowest BCUT2D eigenvalue weighted by Crippen LogP contribution is -2.24. The van der Waals surface area contributed by atoms with E-state index in [1.54, 1.807) is 7.11 Å². The minimum atomic E-state index is -0.230. The van der Waals surface area contributed by atoms with Crippen LogP contribution in [0.2, 0.25) is 0 Å². The zero-order valence-electron chi connectivity index (χ0n) is 14.4. The van der Waals surface area contributed by atoms with E-state index in [0.717, 1.165) is 5.75 Å². The Kier molecular flexibility index (Phi) is 4.14. The summed E-state index contributed by atoms with van der Waals surface area (Å²) in [4.78, 5) is 1.32. The van der Waals surface area contributed by atoms with Crippen molar-refractivity contribution in [2.24, 2.45) is 0 Å². The Morgan fingerprint density at radius 1 is 0.760 bits per heavy atom. The van der Waals surface area contributed by atoms with E-state index < -0.39 is 0 Å². The van der Waals surface area contributed by atoms with Gasteiger partial charge >= 0.3 is 0 Å². The molecule has 4 rings (SSSR count). The maximum Gasteiger partial charge on any atom is 0.118 e. The number of allylic oxidation sites excluding steroid dienone is 1. The van der Waals surface area contributed by atoms with Gasteiger partial charge in [-0.1, -0.05) is 66.7 Å². The number of ether oxygens (including phenoxy) is 1. The van der Waals surface area contributed by atoms with Gasteiger partial charge in [0, 0.05) is 4.90 Å². The van der Waals surface area contributed by atoms with Gasteiger partial charge in [0.15, 0.2) is 0 Å². The van der Waals surface area contributed by atoms with Crippen LogP contribution in [0.5, 0.6) is 5.75 Å². The summed E-state index contributed by atoms with van der Waals surface area (Å²) in [5.41, 5.74) is 5.19. The van der Waals surface area contributed by atoms with E-state index in [4.69, 9.17) is 4.74 Å². The monoisotopic (exact) mass is 344 g/mol. The highest BCUT2D eigenvalue weighted by atomic mass is 32.2. The molecule has 1 heterocycles. The number of hydrogen-bond donors (Lipinski definition) is 0. The second kappa shape index (κ2) is 6.45. The predicted octanol–water partition coefficient (Wildman–Crippen LogP) is 6.15. The molecule has 1 unspecified atom stereocenters. The molecule has 0 saturated heterocycles. The summed E-state index contributed by atoms with van der Waals surface area (Å²) >= 11 is 1.91. The normalized spacial score (nSPS) is 19.0. The third kappa shape index (κ3) is 2.77. The van der Waals surface area contributed by atoms with Crippen molar-refractivity contribution in [2.45, 2.75) is 16.6 Å². The number of thioether (sulfide) groups is 1. The SMILES string of the molecule is COc1ccc(C2(c3ccccc3)C=C(C)c3ccccc3S2)cc1. The molecule has 0 radical (unpaired) electrons. The quantitative estimate of drug-likeness (QED) is 0.564. The average molecular weight is 344 g/mol. The number of fused-ring (bicyclic) bond motifs is 1. The maximum atomic E-state index is 5.35. The summed E-state index contributed by atoms with van der Waals surface area (Å²) < 4.78 is 5.12. The van der Waals surface area contributed by atoms with Gasteiger partial charge in [0.1, 0.15) is 5.75 Å². The van der Waals surface area contributed by atoms with Crippen molar-refractivity contribution in [3.05, 3.63) is 102 Å². The van der Waals surface area contributed by atoms with Crippen molar-refractivity contribution < 1.29 is 4.74 Å². The van der Waals surface area contributed by atoms with Gasteiger partial charge in [-0.3, -0.25) is 0 Å². The Morgan fingerprint density at radius 3 is 2.12 bits per heavy atom. The van der Waals surface area contributed by atoms with Crippen LogP contribution in [0.15, 0.2) is 89.8 Å². The summed E-state index contributed by atoms with van der Waals surface area (Å²) in [6.45, 7) is 2.21. The van der Waals surface area contributed by atoms with Crippen LogP contribution in [0, 0.1) is 0 Å². The van der Waals surface area contributed by atoms with Crippen molar-refractivity contribution in [3.8, 4) is 5.75 Å². The first kappa shape index (κ1) is 16.0. The molecule has 3 aromatic rings. The lowest BCUT2D eigenvalue weighted by atomic mass is 9.87. The van der Waals surface area contributed by atoms with Crippen LogP contribution >= 0.6 is 11.8 Å². The molecule has 0 fully saturated rings. The average Bonchev–Trinajstić information content (AvgIpc) is 2.68. The van der Waals surface area contributed by atoms with E-state index in [1.165, 1.54) is 27.2 Å². The first-order valence-electron chi connectivity index (χ1n) is 8.41. The first-order valence-corrected chi connectivity index (χ1v) is 9.22. The molecule has 0 saturated carbocycles. The molecule has 0 bridgehead atoms. The Balaban J connectivity index is 1.94. The van der Waals surface area contributed by atoms with E-state index >= 15 is 0 Å². The molecule has 1 atom stereocenters. The van der Waals surface area contributed by atoms with E-state index in [2.05, 4.69) is 79.7 Å². The van der Waals surface area contributed by atoms with Crippen LogP contribution in [-0.2, 0) is 4.75 Å². The number of rotatable bonds is 3. The van der Waals surface area contributed by atoms with Gasteiger partial charge < -0.3 is 4.74 Å². The zero-order chi connectivity index (χ0) is 17.3. The highest BCUT2D eigenvalue weighted by Gasteiger charge is 2.37. The summed E-state index contributed by atoms with van der Waals surface area (Å²) in [6.07, 6.45) is 2.40. The molecule has 0 amide bonds. The number of hydrogen-bond acceptors (Lipinski definition) is 2. The highest BCUT2D eigenvalue weighted by Crippen LogP contribution is 2.53. The van der Waals surface area contributed by atoms with E-state index in [0.29, 0.717) is 0 Å². The number of benzene rings is 3. The smallest absolute Gasteiger partial charge is 0.118 e. The molecule has 1 aliphatic rings. The second-order valence-electron chi connectivity index (χ2n) is 6.26. The molecule has 0 N–H and O–H groups in total. The Labute approximate surface area is 153 Å². The fourth-order valence-corrected chi connectivity index (χ4v) is 5.02. The molecule has 1 nitrogen and oxygen atoms in total. The molecule has 124 valence electrons. The molecular weight excluding hydrogens is 324 g/mol. The van der Waals surface area contributed by atoms with Crippen LogP contribution in [0.1, 0.15) is 23.6 Å². The van der Waals surface area contributed by atoms with E-state index in [9.17, 15) is 0 Å². The largest absolute Gasteiger partial charge is 0.497 e. The topological polar surface area (TPSA) is 9.23 Å². The lowest BCUT2D eigenvalue weighted by molar-refractivity contribution is 0.414. The Hall–Kier alpha value is -2.45. The summed E-state index contributed by atoms with van der Waals surface area (Å²) in [7, 11) is 1.71. The lowest BCUT2D eigenvalue weighted by Gasteiger charge is -2.36. The zero-order valence-corrected chi connectivity index (χ0v) is 15.2. The van der Waals surface area contributed by atoms with Crippen LogP contribution in [-0.4, -0.2) is 7.11 Å². The third-order valence-corrected chi connectivity index (χ3v) is 6.21. The summed E-state index contributed by atoms with van der Waals surface area (Å²) in [6, 6.07) is 27.8. The van der Waals surface area contributed by atoms with Gasteiger partial charge in [0.25, 0.3) is 0 Å². The van der Waals surface area contributed by atoms with Gasteiger partial charge in [-0.15, -0.1) is 11.8 Å². The number of methoxy groups -OCH3 is 1. The molecule has 0 spiro atoms. The summed E-state index contributed by atoms with van der Waals surface area (Å²) in [5.74, 6) is 0.883. The van der Waals surface area contributed by atoms with Gasteiger partial charge in [-0.2, -0.15) is 0 Å². The maximum absolute atomic E-state index is 5.35. The predicted molar refractivity (Wildman–Crippen MR) is 106 cm³/mol. The molecule has 0 aliphatic carbocycles. The molecule has 1 aliphatic heterocycles. The fraction of sp³-hybridized carbons (Fsp3) is 0.130. The van der Waals surface area contributed by atoms with Crippen molar-refractivity contribution in [1.82, 2.24) is 0 Å². The van der Waals surface area contributed by atoms with Gasteiger partial charge in [-0.05, 0) is 47.4 Å². The van der Waals surface area contributed by atoms with Crippen molar-refractivity contribution in [2.75, 3.05) is 7.11 Å². The van der Waals surface area contributed by atoms with Crippen LogP contribution < -0.4 is 4.74 Å². The van der Waals surface area contributed by atoms with Crippen molar-refractivity contribution in [1.29, 1.82) is 0 Å². The fourth-order valence-electron chi connectivity index (χ4n) is 3.44. The van der Waals surface area contributed by atoms with Crippen LogP contribution in [0.25, 0.3) is 5.57 Å².